The third-order valence-electron chi connectivity index (χ3n) is 13.0. The minimum absolute atomic E-state index is 0.106. The summed E-state index contributed by atoms with van der Waals surface area (Å²) in [6, 6.07) is 0. The number of hydrogen-bond acceptors (Lipinski definition) is 6. The number of hydrogen-bond donors (Lipinski definition) is 0. The van der Waals surface area contributed by atoms with Gasteiger partial charge in [0.15, 0.2) is 6.10 Å². The molecular formula is C69H114O6. The summed E-state index contributed by atoms with van der Waals surface area (Å²) >= 11 is 0. The molecule has 6 nitrogen and oxygen atoms in total. The van der Waals surface area contributed by atoms with Crippen LogP contribution in [0.25, 0.3) is 0 Å². The highest BCUT2D eigenvalue weighted by Crippen LogP contribution is 2.15. The van der Waals surface area contributed by atoms with Gasteiger partial charge in [-0.1, -0.05) is 271 Å². The normalized spacial score (nSPS) is 12.9. The number of ether oxygens (including phenoxy) is 3. The second-order valence-corrected chi connectivity index (χ2v) is 20.3. The SMILES string of the molecule is CC/C=C\C/C=C\C/C=C\C/C=C\C/C=C\C/C=C\CCC(=O)OCC(COC(=O)CCCCCCCCCCCC/C=C\C=C/CCCCC)OC(=O)CCCCCCCCCCCC/C=C\C=C/CCCCC. The predicted molar refractivity (Wildman–Crippen MR) is 325 cm³/mol. The first-order valence-corrected chi connectivity index (χ1v) is 31.1. The zero-order valence-corrected chi connectivity index (χ0v) is 48.8. The van der Waals surface area contributed by atoms with Crippen molar-refractivity contribution in [2.24, 2.45) is 0 Å². The molecule has 6 heteroatoms. The number of allylic oxidation sites excluding steroid dienone is 20. The average Bonchev–Trinajstić information content (AvgIpc) is 3.41. The Hall–Kier alpha value is -4.19. The van der Waals surface area contributed by atoms with Gasteiger partial charge in [0.2, 0.25) is 0 Å². The molecule has 0 aliphatic carbocycles. The maximum Gasteiger partial charge on any atom is 0.306 e. The molecule has 0 aromatic rings. The van der Waals surface area contributed by atoms with Gasteiger partial charge >= 0.3 is 17.9 Å². The maximum atomic E-state index is 12.9. The van der Waals surface area contributed by atoms with Gasteiger partial charge in [0.25, 0.3) is 0 Å². The zero-order chi connectivity index (χ0) is 54.3. The molecule has 426 valence electrons. The molecule has 0 heterocycles. The van der Waals surface area contributed by atoms with Gasteiger partial charge in [0, 0.05) is 19.3 Å². The fourth-order valence-electron chi connectivity index (χ4n) is 8.33. The lowest BCUT2D eigenvalue weighted by atomic mass is 10.1. The van der Waals surface area contributed by atoms with E-state index in [0.29, 0.717) is 19.3 Å². The Morgan fingerprint density at radius 1 is 0.293 bits per heavy atom. The van der Waals surface area contributed by atoms with Crippen molar-refractivity contribution in [2.75, 3.05) is 13.2 Å². The number of carbonyl (C=O) groups is 3. The van der Waals surface area contributed by atoms with Crippen molar-refractivity contribution in [3.63, 3.8) is 0 Å². The molecule has 0 aliphatic rings. The first-order chi connectivity index (χ1) is 37.0. The fraction of sp³-hybridized carbons (Fsp3) is 0.667. The van der Waals surface area contributed by atoms with Gasteiger partial charge in [0.1, 0.15) is 13.2 Å². The molecule has 0 fully saturated rings. The van der Waals surface area contributed by atoms with E-state index in [-0.39, 0.29) is 37.5 Å². The van der Waals surface area contributed by atoms with Gasteiger partial charge in [-0.3, -0.25) is 14.4 Å². The van der Waals surface area contributed by atoms with Crippen LogP contribution < -0.4 is 0 Å². The monoisotopic (exact) mass is 1040 g/mol. The van der Waals surface area contributed by atoms with E-state index in [2.05, 4.69) is 136 Å². The van der Waals surface area contributed by atoms with Crippen LogP contribution in [0.15, 0.2) is 122 Å². The van der Waals surface area contributed by atoms with Crippen LogP contribution in [0.1, 0.15) is 278 Å². The first-order valence-electron chi connectivity index (χ1n) is 31.1. The fourth-order valence-corrected chi connectivity index (χ4v) is 8.33. The molecule has 0 rings (SSSR count). The molecule has 1 atom stereocenters. The molecule has 0 amide bonds. The topological polar surface area (TPSA) is 78.9 Å². The van der Waals surface area contributed by atoms with Crippen molar-refractivity contribution in [2.45, 2.75) is 284 Å². The lowest BCUT2D eigenvalue weighted by Crippen LogP contribution is -2.30. The summed E-state index contributed by atoms with van der Waals surface area (Å²) < 4.78 is 16.9. The Morgan fingerprint density at radius 3 is 0.947 bits per heavy atom. The summed E-state index contributed by atoms with van der Waals surface area (Å²) in [7, 11) is 0. The molecule has 0 spiro atoms. The molecule has 0 bridgehead atoms. The van der Waals surface area contributed by atoms with Crippen LogP contribution in [0.2, 0.25) is 0 Å². The maximum absolute atomic E-state index is 12.9. The molecule has 0 saturated heterocycles. The van der Waals surface area contributed by atoms with Crippen molar-refractivity contribution in [3.8, 4) is 0 Å². The second-order valence-electron chi connectivity index (χ2n) is 20.3. The lowest BCUT2D eigenvalue weighted by Gasteiger charge is -2.18. The van der Waals surface area contributed by atoms with Gasteiger partial charge in [0.05, 0.1) is 0 Å². The summed E-state index contributed by atoms with van der Waals surface area (Å²) in [5.74, 6) is -0.997. The van der Waals surface area contributed by atoms with Crippen LogP contribution in [0.3, 0.4) is 0 Å². The van der Waals surface area contributed by atoms with E-state index >= 15 is 0 Å². The summed E-state index contributed by atoms with van der Waals surface area (Å²) in [6.07, 6.45) is 86.3. The van der Waals surface area contributed by atoms with E-state index in [1.807, 2.05) is 6.08 Å². The Morgan fingerprint density at radius 2 is 0.587 bits per heavy atom. The third-order valence-corrected chi connectivity index (χ3v) is 13.0. The zero-order valence-electron chi connectivity index (χ0n) is 48.8. The van der Waals surface area contributed by atoms with Crippen molar-refractivity contribution in [1.29, 1.82) is 0 Å². The molecule has 75 heavy (non-hydrogen) atoms. The van der Waals surface area contributed by atoms with Crippen LogP contribution in [0.4, 0.5) is 0 Å². The molecular weight excluding hydrogens is 925 g/mol. The molecule has 1 unspecified atom stereocenters. The lowest BCUT2D eigenvalue weighted by molar-refractivity contribution is -0.166. The summed E-state index contributed by atoms with van der Waals surface area (Å²) in [4.78, 5) is 38.3. The van der Waals surface area contributed by atoms with Crippen LogP contribution >= 0.6 is 0 Å². The van der Waals surface area contributed by atoms with Gasteiger partial charge in [-0.05, 0) is 109 Å². The highest BCUT2D eigenvalue weighted by molar-refractivity contribution is 5.71. The quantitative estimate of drug-likeness (QED) is 0.0199. The van der Waals surface area contributed by atoms with Crippen molar-refractivity contribution in [1.82, 2.24) is 0 Å². The number of carbonyl (C=O) groups excluding carboxylic acids is 3. The van der Waals surface area contributed by atoms with Crippen LogP contribution in [0.5, 0.6) is 0 Å². The van der Waals surface area contributed by atoms with Gasteiger partial charge < -0.3 is 14.2 Å². The van der Waals surface area contributed by atoms with Crippen LogP contribution in [-0.2, 0) is 28.6 Å². The first kappa shape index (κ1) is 70.8. The van der Waals surface area contributed by atoms with Crippen molar-refractivity contribution < 1.29 is 28.6 Å². The highest BCUT2D eigenvalue weighted by atomic mass is 16.6. The largest absolute Gasteiger partial charge is 0.462 e. The van der Waals surface area contributed by atoms with Crippen molar-refractivity contribution >= 4 is 17.9 Å². The molecule has 0 aliphatic heterocycles. The van der Waals surface area contributed by atoms with E-state index < -0.39 is 6.10 Å². The molecule has 0 aromatic carbocycles. The standard InChI is InChI=1S/C69H114O6/c1-4-7-10-13-16-19-22-25-28-31-34-37-40-43-46-49-52-55-58-61-67(70)73-64-66(75-69(72)63-60-57-54-51-48-45-42-39-36-33-30-27-24-21-18-15-12-9-6-3)65-74-68(71)62-59-56-53-50-47-44-41-38-35-32-29-26-23-20-17-14-11-8-5-2/h7,10,16-21,23-28,34,37,43,46,52,55,66H,4-6,8-9,11-15,22,29-33,35-36,38-42,44-45,47-51,53-54,56-65H2,1-3H3/b10-7-,19-16-,20-17-,21-18-,26-23-,27-24-,28-25-,37-34-,46-43-,55-52-. The summed E-state index contributed by atoms with van der Waals surface area (Å²) in [5.41, 5.74) is 0. The van der Waals surface area contributed by atoms with Crippen LogP contribution in [-0.4, -0.2) is 37.2 Å². The summed E-state index contributed by atoms with van der Waals surface area (Å²) in [6.45, 7) is 6.41. The molecule has 0 aromatic heterocycles. The average molecular weight is 1040 g/mol. The van der Waals surface area contributed by atoms with E-state index in [9.17, 15) is 14.4 Å². The Balaban J connectivity index is 4.50. The Bertz CT molecular complexity index is 1570. The van der Waals surface area contributed by atoms with Crippen LogP contribution in [0, 0.1) is 0 Å². The third kappa shape index (κ3) is 60.6. The smallest absolute Gasteiger partial charge is 0.306 e. The Labute approximate surface area is 462 Å². The van der Waals surface area contributed by atoms with E-state index in [1.165, 1.54) is 154 Å². The van der Waals surface area contributed by atoms with E-state index in [4.69, 9.17) is 14.2 Å². The number of unbranched alkanes of at least 4 members (excludes halogenated alkanes) is 26. The minimum Gasteiger partial charge on any atom is -0.462 e. The van der Waals surface area contributed by atoms with E-state index in [1.54, 1.807) is 0 Å². The molecule has 0 saturated carbocycles. The minimum atomic E-state index is -0.817. The highest BCUT2D eigenvalue weighted by Gasteiger charge is 2.19. The van der Waals surface area contributed by atoms with Gasteiger partial charge in [-0.25, -0.2) is 0 Å². The molecule has 0 N–H and O–H groups in total. The van der Waals surface area contributed by atoms with E-state index in [0.717, 1.165) is 77.0 Å². The Kier molecular flexibility index (Phi) is 58.9. The number of esters is 3. The molecule has 0 radical (unpaired) electrons. The van der Waals surface area contributed by atoms with Gasteiger partial charge in [-0.15, -0.1) is 0 Å². The number of rotatable bonds is 55. The predicted octanol–water partition coefficient (Wildman–Crippen LogP) is 21.2. The summed E-state index contributed by atoms with van der Waals surface area (Å²) in [5, 5.41) is 0. The van der Waals surface area contributed by atoms with Crippen molar-refractivity contribution in [3.05, 3.63) is 122 Å². The second kappa shape index (κ2) is 62.4. The van der Waals surface area contributed by atoms with Gasteiger partial charge in [-0.2, -0.15) is 0 Å².